The van der Waals surface area contributed by atoms with Gasteiger partial charge in [-0.1, -0.05) is 18.2 Å². The molecular weight excluding hydrogens is 350 g/mol. The standard InChI is InChI=1S/C14H13N5OS3/c15-13-17-10(8-23-13)14(21,12-16-6-7-22-12)11(20)19-18-9-4-2-1-3-5-9/h1-8,18,21H,(H2,15,17)(H,19,20). The van der Waals surface area contributed by atoms with E-state index in [4.69, 9.17) is 5.73 Å². The molecule has 0 spiro atoms. The number of benzene rings is 1. The van der Waals surface area contributed by atoms with Crippen molar-refractivity contribution in [2.24, 2.45) is 0 Å². The average molecular weight is 363 g/mol. The molecule has 3 rings (SSSR count). The number of carbonyl (C=O) groups excluding carboxylic acids is 1. The fourth-order valence-corrected chi connectivity index (χ4v) is 3.75. The summed E-state index contributed by atoms with van der Waals surface area (Å²) in [6.45, 7) is 0. The Hall–Kier alpha value is -2.10. The van der Waals surface area contributed by atoms with Crippen LogP contribution in [-0.4, -0.2) is 15.9 Å². The van der Waals surface area contributed by atoms with Gasteiger partial charge < -0.3 is 5.73 Å². The molecule has 0 fully saturated rings. The lowest BCUT2D eigenvalue weighted by molar-refractivity contribution is -0.122. The van der Waals surface area contributed by atoms with Crippen LogP contribution >= 0.6 is 35.3 Å². The highest BCUT2D eigenvalue weighted by Crippen LogP contribution is 2.38. The number of thiazole rings is 2. The van der Waals surface area contributed by atoms with Gasteiger partial charge in [-0.15, -0.1) is 35.3 Å². The smallest absolute Gasteiger partial charge is 0.267 e. The minimum absolute atomic E-state index is 0.374. The second-order valence-corrected chi connectivity index (χ2v) is 7.02. The summed E-state index contributed by atoms with van der Waals surface area (Å²) in [7, 11) is 0. The van der Waals surface area contributed by atoms with Crippen LogP contribution in [0.15, 0.2) is 47.3 Å². The maximum Gasteiger partial charge on any atom is 0.267 e. The van der Waals surface area contributed by atoms with Crippen LogP contribution < -0.4 is 16.6 Å². The Labute approximate surface area is 146 Å². The van der Waals surface area contributed by atoms with Gasteiger partial charge in [0.1, 0.15) is 5.01 Å². The number of nitrogens with one attached hydrogen (secondary N) is 2. The topological polar surface area (TPSA) is 92.9 Å². The molecule has 2 aromatic heterocycles. The average Bonchev–Trinajstić information content (AvgIpc) is 3.24. The minimum atomic E-state index is -1.32. The van der Waals surface area contributed by atoms with Gasteiger partial charge in [0.25, 0.3) is 5.91 Å². The zero-order valence-electron chi connectivity index (χ0n) is 11.8. The predicted octanol–water partition coefficient (Wildman–Crippen LogP) is 2.50. The number of amides is 1. The molecule has 1 amide bonds. The van der Waals surface area contributed by atoms with Crippen molar-refractivity contribution in [2.75, 3.05) is 11.2 Å². The molecule has 0 radical (unpaired) electrons. The lowest BCUT2D eigenvalue weighted by Crippen LogP contribution is -2.44. The van der Waals surface area contributed by atoms with E-state index in [9.17, 15) is 4.79 Å². The zero-order valence-corrected chi connectivity index (χ0v) is 14.3. The van der Waals surface area contributed by atoms with Gasteiger partial charge in [0.05, 0.1) is 11.4 Å². The molecule has 0 bridgehead atoms. The third kappa shape index (κ3) is 3.16. The number of hydrogen-bond donors (Lipinski definition) is 4. The molecule has 2 heterocycles. The van der Waals surface area contributed by atoms with E-state index in [1.807, 2.05) is 30.3 Å². The highest BCUT2D eigenvalue weighted by atomic mass is 32.1. The molecule has 1 atom stereocenters. The van der Waals surface area contributed by atoms with E-state index in [1.165, 1.54) is 22.7 Å². The molecule has 0 saturated carbocycles. The summed E-state index contributed by atoms with van der Waals surface area (Å²) < 4.78 is -1.32. The first-order valence-electron chi connectivity index (χ1n) is 6.56. The van der Waals surface area contributed by atoms with Gasteiger partial charge in [0.2, 0.25) is 0 Å². The second kappa shape index (κ2) is 6.57. The summed E-state index contributed by atoms with van der Waals surface area (Å²) in [5.41, 5.74) is 12.4. The number of hydrazine groups is 1. The number of aromatic nitrogens is 2. The van der Waals surface area contributed by atoms with Crippen molar-refractivity contribution in [3.8, 4) is 0 Å². The molecule has 6 nitrogen and oxygen atoms in total. The van der Waals surface area contributed by atoms with Crippen LogP contribution in [0.25, 0.3) is 0 Å². The van der Waals surface area contributed by atoms with Crippen LogP contribution in [0.1, 0.15) is 10.7 Å². The molecule has 0 aliphatic carbocycles. The normalized spacial score (nSPS) is 13.3. The van der Waals surface area contributed by atoms with Crippen molar-refractivity contribution in [1.29, 1.82) is 0 Å². The summed E-state index contributed by atoms with van der Waals surface area (Å²) in [4.78, 5) is 21.2. The van der Waals surface area contributed by atoms with Gasteiger partial charge >= 0.3 is 0 Å². The van der Waals surface area contributed by atoms with Gasteiger partial charge in [-0.3, -0.25) is 15.6 Å². The largest absolute Gasteiger partial charge is 0.375 e. The number of thiol groups is 1. The molecule has 0 aliphatic rings. The van der Waals surface area contributed by atoms with Crippen molar-refractivity contribution < 1.29 is 4.79 Å². The molecule has 3 aromatic rings. The Kier molecular flexibility index (Phi) is 4.51. The number of rotatable bonds is 5. The zero-order chi connectivity index (χ0) is 16.3. The quantitative estimate of drug-likeness (QED) is 0.413. The van der Waals surface area contributed by atoms with Crippen molar-refractivity contribution in [3.05, 3.63) is 58.0 Å². The minimum Gasteiger partial charge on any atom is -0.375 e. The van der Waals surface area contributed by atoms with Crippen molar-refractivity contribution in [3.63, 3.8) is 0 Å². The monoisotopic (exact) mass is 363 g/mol. The van der Waals surface area contributed by atoms with E-state index >= 15 is 0 Å². The predicted molar refractivity (Wildman–Crippen MR) is 96.6 cm³/mol. The van der Waals surface area contributed by atoms with Gasteiger partial charge in [0.15, 0.2) is 9.88 Å². The number of anilines is 2. The van der Waals surface area contributed by atoms with Gasteiger partial charge in [-0.05, 0) is 12.1 Å². The first-order chi connectivity index (χ1) is 11.1. The summed E-state index contributed by atoms with van der Waals surface area (Å²) in [6.07, 6.45) is 1.62. The van der Waals surface area contributed by atoms with Crippen LogP contribution in [0.3, 0.4) is 0 Å². The van der Waals surface area contributed by atoms with Gasteiger partial charge in [-0.2, -0.15) is 0 Å². The highest BCUT2D eigenvalue weighted by molar-refractivity contribution is 7.82. The number of para-hydroxylation sites is 1. The van der Waals surface area contributed by atoms with Crippen LogP contribution in [0.4, 0.5) is 10.8 Å². The molecule has 23 heavy (non-hydrogen) atoms. The Bertz CT molecular complexity index is 790. The molecule has 0 aliphatic heterocycles. The molecule has 118 valence electrons. The van der Waals surface area contributed by atoms with E-state index in [1.54, 1.807) is 17.0 Å². The van der Waals surface area contributed by atoms with Crippen molar-refractivity contribution >= 4 is 52.0 Å². The third-order valence-corrected chi connectivity index (χ3v) is 5.42. The van der Waals surface area contributed by atoms with E-state index in [-0.39, 0.29) is 5.91 Å². The molecule has 1 aromatic carbocycles. The molecule has 1 unspecified atom stereocenters. The highest BCUT2D eigenvalue weighted by Gasteiger charge is 2.43. The Morgan fingerprint density at radius 2 is 2.04 bits per heavy atom. The number of nitrogens with zero attached hydrogens (tertiary/aromatic N) is 2. The Morgan fingerprint density at radius 1 is 1.26 bits per heavy atom. The maximum absolute atomic E-state index is 12.8. The van der Waals surface area contributed by atoms with Crippen LogP contribution in [0.2, 0.25) is 0 Å². The molecule has 4 N–H and O–H groups in total. The summed E-state index contributed by atoms with van der Waals surface area (Å²) in [5, 5.41) is 4.40. The summed E-state index contributed by atoms with van der Waals surface area (Å²) in [6, 6.07) is 9.30. The van der Waals surface area contributed by atoms with E-state index in [0.29, 0.717) is 15.8 Å². The Morgan fingerprint density at radius 3 is 2.65 bits per heavy atom. The molecular formula is C14H13N5OS3. The molecule has 9 heteroatoms. The Balaban J connectivity index is 1.88. The number of nitrogen functional groups attached to an aromatic ring is 1. The first kappa shape index (κ1) is 15.8. The lowest BCUT2D eigenvalue weighted by Gasteiger charge is -2.23. The number of carbonyl (C=O) groups is 1. The van der Waals surface area contributed by atoms with Crippen molar-refractivity contribution in [2.45, 2.75) is 4.75 Å². The second-order valence-electron chi connectivity index (χ2n) is 4.56. The molecule has 0 saturated heterocycles. The maximum atomic E-state index is 12.8. The summed E-state index contributed by atoms with van der Waals surface area (Å²) in [5.74, 6) is -0.384. The lowest BCUT2D eigenvalue weighted by atomic mass is 10.1. The van der Waals surface area contributed by atoms with Gasteiger partial charge in [0, 0.05) is 17.0 Å². The fourth-order valence-electron chi connectivity index (χ4n) is 1.92. The van der Waals surface area contributed by atoms with Crippen molar-refractivity contribution in [1.82, 2.24) is 15.4 Å². The summed E-state index contributed by atoms with van der Waals surface area (Å²) >= 11 is 7.19. The van der Waals surface area contributed by atoms with E-state index < -0.39 is 4.75 Å². The number of nitrogens with two attached hydrogens (primary N) is 1. The third-order valence-electron chi connectivity index (χ3n) is 3.06. The van der Waals surface area contributed by atoms with Crippen LogP contribution in [0.5, 0.6) is 0 Å². The van der Waals surface area contributed by atoms with Crippen LogP contribution in [-0.2, 0) is 9.54 Å². The van der Waals surface area contributed by atoms with E-state index in [0.717, 1.165) is 5.69 Å². The fraction of sp³-hybridized carbons (Fsp3) is 0.0714. The van der Waals surface area contributed by atoms with Crippen LogP contribution in [0, 0.1) is 0 Å². The first-order valence-corrected chi connectivity index (χ1v) is 8.76. The van der Waals surface area contributed by atoms with E-state index in [2.05, 4.69) is 33.4 Å². The van der Waals surface area contributed by atoms with Gasteiger partial charge in [-0.25, -0.2) is 9.97 Å². The number of hydrogen-bond acceptors (Lipinski definition) is 8. The SMILES string of the molecule is Nc1nc(C(S)(C(=O)NNc2ccccc2)c2nccs2)cs1.